The monoisotopic (exact) mass is 431 g/mol. The maximum absolute atomic E-state index is 13.3. The van der Waals surface area contributed by atoms with Gasteiger partial charge in [0.05, 0.1) is 23.9 Å². The summed E-state index contributed by atoms with van der Waals surface area (Å²) < 4.78 is 30.0. The van der Waals surface area contributed by atoms with Gasteiger partial charge in [-0.05, 0) is 48.9 Å². The van der Waals surface area contributed by atoms with Gasteiger partial charge in [0.25, 0.3) is 0 Å². The van der Waals surface area contributed by atoms with Crippen LogP contribution >= 0.6 is 0 Å². The quantitative estimate of drug-likeness (QED) is 0.355. The maximum Gasteiger partial charge on any atom is 0.338 e. The first kappa shape index (κ1) is 21.3. The predicted octanol–water partition coefficient (Wildman–Crippen LogP) is 5.63. The third-order valence-electron chi connectivity index (χ3n) is 5.04. The van der Waals surface area contributed by atoms with Crippen LogP contribution in [0.25, 0.3) is 10.9 Å². The highest BCUT2D eigenvalue weighted by Crippen LogP contribution is 2.23. The number of carbonyl (C=O) groups is 1. The van der Waals surface area contributed by atoms with Gasteiger partial charge in [0.2, 0.25) is 0 Å². The maximum atomic E-state index is 13.3. The summed E-state index contributed by atoms with van der Waals surface area (Å²) in [6.07, 6.45) is 0. The van der Waals surface area contributed by atoms with Crippen LogP contribution in [0.1, 0.15) is 27.2 Å². The van der Waals surface area contributed by atoms with E-state index in [0.29, 0.717) is 22.6 Å². The molecule has 0 radical (unpaired) electrons. The number of hydrogen-bond acceptors (Lipinski definition) is 5. The van der Waals surface area contributed by atoms with Gasteiger partial charge in [0, 0.05) is 17.0 Å². The van der Waals surface area contributed by atoms with Crippen molar-refractivity contribution in [2.45, 2.75) is 20.1 Å². The molecule has 0 bridgehead atoms. The Labute approximate surface area is 185 Å². The van der Waals surface area contributed by atoms with Crippen molar-refractivity contribution in [1.29, 1.82) is 0 Å². The minimum Gasteiger partial charge on any atom is -0.489 e. The number of aryl methyl sites for hydroxylation is 1. The number of pyridine rings is 1. The van der Waals surface area contributed by atoms with Crippen molar-refractivity contribution in [3.05, 3.63) is 101 Å². The van der Waals surface area contributed by atoms with Gasteiger partial charge in [-0.3, -0.25) is 0 Å². The summed E-state index contributed by atoms with van der Waals surface area (Å²) in [6.45, 7) is 2.35. The fraction of sp³-hybridized carbons (Fsp3) is 0.154. The summed E-state index contributed by atoms with van der Waals surface area (Å²) in [5.74, 6) is 0.566. The summed E-state index contributed by atoms with van der Waals surface area (Å²) in [7, 11) is 1.36. The molecule has 1 aromatic heterocycles. The fourth-order valence-electron chi connectivity index (χ4n) is 3.43. The summed E-state index contributed by atoms with van der Waals surface area (Å²) in [4.78, 5) is 16.6. The zero-order chi connectivity index (χ0) is 22.5. The molecule has 4 rings (SSSR count). The van der Waals surface area contributed by atoms with Crippen LogP contribution in [0.3, 0.4) is 0 Å². The Morgan fingerprint density at radius 2 is 1.66 bits per heavy atom. The third-order valence-corrected chi connectivity index (χ3v) is 5.04. The third kappa shape index (κ3) is 4.86. The Balaban J connectivity index is 1.43. The van der Waals surface area contributed by atoms with Crippen LogP contribution in [0.5, 0.6) is 11.5 Å². The first-order valence-electron chi connectivity index (χ1n) is 10.1. The van der Waals surface area contributed by atoms with E-state index in [1.807, 2.05) is 55.5 Å². The van der Waals surface area contributed by atoms with Gasteiger partial charge in [0.1, 0.15) is 30.5 Å². The molecule has 0 aliphatic heterocycles. The molecule has 0 aliphatic carbocycles. The average Bonchev–Trinajstić information content (AvgIpc) is 2.81. The predicted molar refractivity (Wildman–Crippen MR) is 119 cm³/mol. The second-order valence-electron chi connectivity index (χ2n) is 7.29. The van der Waals surface area contributed by atoms with E-state index >= 15 is 0 Å². The first-order valence-corrected chi connectivity index (χ1v) is 10.1. The molecule has 5 nitrogen and oxygen atoms in total. The van der Waals surface area contributed by atoms with E-state index in [0.717, 1.165) is 22.2 Å². The van der Waals surface area contributed by atoms with Gasteiger partial charge in [-0.25, -0.2) is 14.2 Å². The Kier molecular flexibility index (Phi) is 6.31. The Morgan fingerprint density at radius 1 is 0.906 bits per heavy atom. The number of nitrogens with zero attached hydrogens (tertiary/aromatic N) is 1. The lowest BCUT2D eigenvalue weighted by atomic mass is 10.0. The van der Waals surface area contributed by atoms with E-state index in [2.05, 4.69) is 4.98 Å². The topological polar surface area (TPSA) is 57.7 Å². The number of hydrogen-bond donors (Lipinski definition) is 0. The smallest absolute Gasteiger partial charge is 0.338 e. The number of benzene rings is 3. The van der Waals surface area contributed by atoms with E-state index < -0.39 is 0 Å². The molecule has 0 N–H and O–H groups in total. The van der Waals surface area contributed by atoms with Crippen LogP contribution in [0, 0.1) is 12.7 Å². The summed E-state index contributed by atoms with van der Waals surface area (Å²) in [5, 5.41) is 0.742. The molecule has 162 valence electrons. The molecule has 0 amide bonds. The van der Waals surface area contributed by atoms with E-state index in [1.54, 1.807) is 12.1 Å². The van der Waals surface area contributed by atoms with Crippen LogP contribution in [0.4, 0.5) is 4.39 Å². The number of rotatable bonds is 7. The second kappa shape index (κ2) is 9.47. The second-order valence-corrected chi connectivity index (χ2v) is 7.29. The van der Waals surface area contributed by atoms with Crippen LogP contribution in [-0.2, 0) is 18.0 Å². The number of esters is 1. The molecular formula is C26H22FNO4. The lowest BCUT2D eigenvalue weighted by Crippen LogP contribution is -2.10. The van der Waals surface area contributed by atoms with E-state index in [1.165, 1.54) is 19.2 Å². The Morgan fingerprint density at radius 3 is 2.44 bits per heavy atom. The molecule has 0 spiro atoms. The van der Waals surface area contributed by atoms with Crippen molar-refractivity contribution in [3.8, 4) is 11.5 Å². The highest BCUT2D eigenvalue weighted by Gasteiger charge is 2.15. The summed E-state index contributed by atoms with van der Waals surface area (Å²) in [6, 6.07) is 21.0. The molecule has 6 heteroatoms. The SMILES string of the molecule is COC(=O)c1c(C)cccc1COc1cccc(OCc2ccc3cc(F)ccc3n2)c1. The largest absolute Gasteiger partial charge is 0.489 e. The molecule has 0 saturated heterocycles. The van der Waals surface area contributed by atoms with Crippen molar-refractivity contribution >= 4 is 16.9 Å². The molecule has 0 unspecified atom stereocenters. The number of ether oxygens (including phenoxy) is 3. The minimum absolute atomic E-state index is 0.221. The molecule has 32 heavy (non-hydrogen) atoms. The number of aromatic nitrogens is 1. The van der Waals surface area contributed by atoms with Gasteiger partial charge < -0.3 is 14.2 Å². The van der Waals surface area contributed by atoms with Gasteiger partial charge >= 0.3 is 5.97 Å². The fourth-order valence-corrected chi connectivity index (χ4v) is 3.43. The van der Waals surface area contributed by atoms with Crippen LogP contribution < -0.4 is 9.47 Å². The molecule has 0 saturated carbocycles. The van der Waals surface area contributed by atoms with Crippen molar-refractivity contribution in [2.24, 2.45) is 0 Å². The van der Waals surface area contributed by atoms with Crippen LogP contribution in [0.2, 0.25) is 0 Å². The van der Waals surface area contributed by atoms with Gasteiger partial charge in [0.15, 0.2) is 0 Å². The van der Waals surface area contributed by atoms with Crippen molar-refractivity contribution in [2.75, 3.05) is 7.11 Å². The normalized spacial score (nSPS) is 10.7. The van der Waals surface area contributed by atoms with Gasteiger partial charge in [-0.15, -0.1) is 0 Å². The molecular weight excluding hydrogens is 409 g/mol. The van der Waals surface area contributed by atoms with Crippen molar-refractivity contribution < 1.29 is 23.4 Å². The number of methoxy groups -OCH3 is 1. The number of carbonyl (C=O) groups excluding carboxylic acids is 1. The molecule has 0 atom stereocenters. The summed E-state index contributed by atoms with van der Waals surface area (Å²) in [5.41, 5.74) is 3.55. The van der Waals surface area contributed by atoms with E-state index in [9.17, 15) is 9.18 Å². The molecule has 0 aliphatic rings. The highest BCUT2D eigenvalue weighted by atomic mass is 19.1. The molecule has 0 fully saturated rings. The lowest BCUT2D eigenvalue weighted by Gasteiger charge is -2.13. The Bertz CT molecular complexity index is 1270. The van der Waals surface area contributed by atoms with E-state index in [-0.39, 0.29) is 25.0 Å². The number of halogens is 1. The highest BCUT2D eigenvalue weighted by molar-refractivity contribution is 5.92. The first-order chi connectivity index (χ1) is 15.5. The van der Waals surface area contributed by atoms with Crippen molar-refractivity contribution in [1.82, 2.24) is 4.98 Å². The summed E-state index contributed by atoms with van der Waals surface area (Å²) >= 11 is 0. The van der Waals surface area contributed by atoms with E-state index in [4.69, 9.17) is 14.2 Å². The van der Waals surface area contributed by atoms with Crippen molar-refractivity contribution in [3.63, 3.8) is 0 Å². The molecule has 3 aromatic carbocycles. The average molecular weight is 431 g/mol. The Hall–Kier alpha value is -3.93. The van der Waals surface area contributed by atoms with Crippen LogP contribution in [-0.4, -0.2) is 18.1 Å². The van der Waals surface area contributed by atoms with Gasteiger partial charge in [-0.2, -0.15) is 0 Å². The lowest BCUT2D eigenvalue weighted by molar-refractivity contribution is 0.0597. The molecule has 4 aromatic rings. The number of fused-ring (bicyclic) bond motifs is 1. The minimum atomic E-state index is -0.385. The van der Waals surface area contributed by atoms with Gasteiger partial charge in [-0.1, -0.05) is 30.3 Å². The molecule has 1 heterocycles. The standard InChI is InChI=1S/C26H22FNO4/c1-17-5-3-6-19(25(17)26(29)30-2)15-31-22-7-4-8-23(14-22)32-16-21-11-9-18-13-20(27)10-12-24(18)28-21/h3-14H,15-16H2,1-2H3. The van der Waals surface area contributed by atoms with Crippen LogP contribution in [0.15, 0.2) is 72.8 Å². The zero-order valence-corrected chi connectivity index (χ0v) is 17.8. The zero-order valence-electron chi connectivity index (χ0n) is 17.8.